The third kappa shape index (κ3) is 4.32. The van der Waals surface area contributed by atoms with Gasteiger partial charge in [0, 0.05) is 7.26 Å². The largest absolute Gasteiger partial charge is 0.508 e. The highest BCUT2D eigenvalue weighted by Gasteiger charge is 2.32. The van der Waals surface area contributed by atoms with Crippen LogP contribution in [0.3, 0.4) is 0 Å². The lowest BCUT2D eigenvalue weighted by Crippen LogP contribution is -2.07. The Labute approximate surface area is 107 Å². The second-order valence-electron chi connectivity index (χ2n) is 4.88. The molecule has 0 heterocycles. The number of unbranched alkanes of at least 4 members (excludes halogenated alkanes) is 1. The highest BCUT2D eigenvalue weighted by atomic mass is 31.2. The minimum atomic E-state index is -0.793. The summed E-state index contributed by atoms with van der Waals surface area (Å²) in [7, 11) is -0.793. The molecule has 0 radical (unpaired) electrons. The molecule has 0 fully saturated rings. The molecule has 0 aromatic heterocycles. The van der Waals surface area contributed by atoms with Gasteiger partial charge in [-0.15, -0.1) is 0 Å². The van der Waals surface area contributed by atoms with Crippen molar-refractivity contribution in [2.45, 2.75) is 39.8 Å². The van der Waals surface area contributed by atoms with Crippen LogP contribution in [0.25, 0.3) is 0 Å². The molecule has 2 heteroatoms. The van der Waals surface area contributed by atoms with Gasteiger partial charge < -0.3 is 5.11 Å². The van der Waals surface area contributed by atoms with Crippen molar-refractivity contribution in [2.75, 3.05) is 18.5 Å². The summed E-state index contributed by atoms with van der Waals surface area (Å²) < 4.78 is 0. The van der Waals surface area contributed by atoms with E-state index in [9.17, 15) is 5.11 Å². The molecule has 0 spiro atoms. The van der Waals surface area contributed by atoms with E-state index in [0.29, 0.717) is 5.75 Å². The topological polar surface area (TPSA) is 20.2 Å². The van der Waals surface area contributed by atoms with E-state index in [4.69, 9.17) is 0 Å². The van der Waals surface area contributed by atoms with Gasteiger partial charge in [0.2, 0.25) is 0 Å². The van der Waals surface area contributed by atoms with E-state index >= 15 is 0 Å². The predicted molar refractivity (Wildman–Crippen MR) is 79.6 cm³/mol. The highest BCUT2D eigenvalue weighted by Crippen LogP contribution is 2.61. The molecular weight excluding hydrogens is 227 g/mol. The van der Waals surface area contributed by atoms with Crippen molar-refractivity contribution in [3.8, 4) is 5.75 Å². The third-order valence-electron chi connectivity index (χ3n) is 3.78. The fourth-order valence-corrected chi connectivity index (χ4v) is 5.98. The van der Waals surface area contributed by atoms with Crippen LogP contribution in [0.2, 0.25) is 0 Å². The second kappa shape index (κ2) is 7.01. The van der Waals surface area contributed by atoms with Gasteiger partial charge in [0.25, 0.3) is 0 Å². The molecule has 0 bridgehead atoms. The molecule has 0 unspecified atom stereocenters. The highest BCUT2D eigenvalue weighted by molar-refractivity contribution is 7.75. The van der Waals surface area contributed by atoms with Gasteiger partial charge in [-0.2, -0.15) is 0 Å². The molecule has 1 nitrogen and oxygen atoms in total. The monoisotopic (exact) mass is 253 g/mol. The molecule has 1 aromatic rings. The second-order valence-corrected chi connectivity index (χ2v) is 9.59. The number of phenolic OH excluding ortho intramolecular Hbond substituents is 1. The van der Waals surface area contributed by atoms with Crippen molar-refractivity contribution in [3.63, 3.8) is 0 Å². The Morgan fingerprint density at radius 2 is 1.59 bits per heavy atom. The lowest BCUT2D eigenvalue weighted by Gasteiger charge is -2.25. The summed E-state index contributed by atoms with van der Waals surface area (Å²) in [6, 6.07) is 7.80. The van der Waals surface area contributed by atoms with Crippen LogP contribution < -0.4 is 0 Å². The van der Waals surface area contributed by atoms with Crippen LogP contribution in [0, 0.1) is 0 Å². The molecule has 0 saturated heterocycles. The fourth-order valence-electron chi connectivity index (χ4n) is 2.32. The first-order valence-electron chi connectivity index (χ1n) is 6.78. The zero-order chi connectivity index (χ0) is 12.7. The maximum atomic E-state index is 9.32. The van der Waals surface area contributed by atoms with Gasteiger partial charge in [0.15, 0.2) is 0 Å². The first-order valence-corrected chi connectivity index (χ1v) is 9.31. The summed E-state index contributed by atoms with van der Waals surface area (Å²) >= 11 is 0. The van der Waals surface area contributed by atoms with Crippen LogP contribution in [0.15, 0.2) is 24.3 Å². The van der Waals surface area contributed by atoms with E-state index in [1.807, 2.05) is 12.1 Å². The zero-order valence-corrected chi connectivity index (χ0v) is 12.3. The maximum absolute atomic E-state index is 9.32. The molecule has 17 heavy (non-hydrogen) atoms. The van der Waals surface area contributed by atoms with Crippen LogP contribution >= 0.6 is 7.26 Å². The van der Waals surface area contributed by atoms with Crippen LogP contribution in [-0.4, -0.2) is 23.6 Å². The molecule has 0 aliphatic heterocycles. The number of benzene rings is 1. The van der Waals surface area contributed by atoms with Crippen LogP contribution in [0.4, 0.5) is 0 Å². The van der Waals surface area contributed by atoms with Gasteiger partial charge in [0.05, 0.1) is 24.6 Å². The SMILES string of the molecule is CCCC[P+](CC)(CC)Cc1ccc(O)cc1. The molecule has 96 valence electrons. The predicted octanol–water partition coefficient (Wildman–Crippen LogP) is 4.75. The average Bonchev–Trinajstić information content (AvgIpc) is 2.37. The molecule has 1 aromatic carbocycles. The maximum Gasteiger partial charge on any atom is 0.115 e. The molecule has 1 N–H and O–H groups in total. The Morgan fingerprint density at radius 1 is 1.00 bits per heavy atom. The van der Waals surface area contributed by atoms with E-state index < -0.39 is 7.26 Å². The molecule has 0 atom stereocenters. The molecule has 0 aliphatic rings. The van der Waals surface area contributed by atoms with E-state index in [0.717, 1.165) is 0 Å². The van der Waals surface area contributed by atoms with Crippen molar-refractivity contribution in [3.05, 3.63) is 29.8 Å². The average molecular weight is 253 g/mol. The summed E-state index contributed by atoms with van der Waals surface area (Å²) in [6.45, 7) is 6.99. The van der Waals surface area contributed by atoms with Crippen molar-refractivity contribution < 1.29 is 5.11 Å². The summed E-state index contributed by atoms with van der Waals surface area (Å²) in [5.41, 5.74) is 1.40. The van der Waals surface area contributed by atoms with Crippen LogP contribution in [0.5, 0.6) is 5.75 Å². The Balaban J connectivity index is 2.74. The van der Waals surface area contributed by atoms with Gasteiger partial charge in [-0.3, -0.25) is 0 Å². The van der Waals surface area contributed by atoms with Gasteiger partial charge in [0.1, 0.15) is 5.75 Å². The van der Waals surface area contributed by atoms with Gasteiger partial charge in [-0.25, -0.2) is 0 Å². The smallest absolute Gasteiger partial charge is 0.115 e. The van der Waals surface area contributed by atoms with Crippen molar-refractivity contribution >= 4 is 7.26 Å². The first kappa shape index (κ1) is 14.5. The normalized spacial score (nSPS) is 11.7. The third-order valence-corrected chi connectivity index (χ3v) is 8.77. The minimum absolute atomic E-state index is 0.374. The first-order chi connectivity index (χ1) is 8.15. The minimum Gasteiger partial charge on any atom is -0.508 e. The number of phenols is 1. The number of hydrogen-bond acceptors (Lipinski definition) is 1. The summed E-state index contributed by atoms with van der Waals surface area (Å²) in [6.07, 6.45) is 8.05. The summed E-state index contributed by atoms with van der Waals surface area (Å²) in [5, 5.41) is 9.32. The van der Waals surface area contributed by atoms with E-state index in [1.165, 1.54) is 43.1 Å². The molecule has 1 rings (SSSR count). The number of hydrogen-bond donors (Lipinski definition) is 1. The van der Waals surface area contributed by atoms with Crippen LogP contribution in [0.1, 0.15) is 39.2 Å². The molecule has 0 aliphatic carbocycles. The lowest BCUT2D eigenvalue weighted by atomic mass is 10.2. The summed E-state index contributed by atoms with van der Waals surface area (Å²) in [5.74, 6) is 0.374. The van der Waals surface area contributed by atoms with E-state index in [-0.39, 0.29) is 0 Å². The number of aromatic hydroxyl groups is 1. The van der Waals surface area contributed by atoms with Crippen molar-refractivity contribution in [2.24, 2.45) is 0 Å². The standard InChI is InChI=1S/C15H25OP/c1-4-7-12-17(5-2,6-3)13-14-8-10-15(16)11-9-14/h8-11H,4-7,12-13H2,1-3H3/p+1. The van der Waals surface area contributed by atoms with Gasteiger partial charge in [-0.05, 0) is 38.0 Å². The Morgan fingerprint density at radius 3 is 2.06 bits per heavy atom. The van der Waals surface area contributed by atoms with Crippen molar-refractivity contribution in [1.29, 1.82) is 0 Å². The summed E-state index contributed by atoms with van der Waals surface area (Å²) in [4.78, 5) is 0. The number of rotatable bonds is 7. The fraction of sp³-hybridized carbons (Fsp3) is 0.600. The zero-order valence-electron chi connectivity index (χ0n) is 11.4. The van der Waals surface area contributed by atoms with Gasteiger partial charge in [-0.1, -0.05) is 25.5 Å². The molecule has 0 amide bonds. The van der Waals surface area contributed by atoms with Crippen molar-refractivity contribution in [1.82, 2.24) is 0 Å². The van der Waals surface area contributed by atoms with Gasteiger partial charge >= 0.3 is 0 Å². The molecular formula is C15H26OP+. The Hall–Kier alpha value is -0.550. The lowest BCUT2D eigenvalue weighted by molar-refractivity contribution is 0.475. The quantitative estimate of drug-likeness (QED) is 0.695. The molecule has 0 saturated carbocycles. The van der Waals surface area contributed by atoms with Crippen LogP contribution in [-0.2, 0) is 6.16 Å². The Bertz CT molecular complexity index is 314. The van der Waals surface area contributed by atoms with E-state index in [1.54, 1.807) is 0 Å². The van der Waals surface area contributed by atoms with E-state index in [2.05, 4.69) is 32.9 Å². The Kier molecular flexibility index (Phi) is 5.98.